The van der Waals surface area contributed by atoms with Crippen molar-refractivity contribution in [3.63, 3.8) is 0 Å². The summed E-state index contributed by atoms with van der Waals surface area (Å²) in [5, 5.41) is 12.6. The molecule has 1 saturated carbocycles. The van der Waals surface area contributed by atoms with Crippen LogP contribution in [0.2, 0.25) is 5.02 Å². The zero-order chi connectivity index (χ0) is 14.6. The number of aryl methyl sites for hydroxylation is 1. The van der Waals surface area contributed by atoms with Gasteiger partial charge < -0.3 is 10.4 Å². The number of amides is 1. The molecule has 4 heteroatoms. The molecule has 0 heterocycles. The maximum absolute atomic E-state index is 11.8. The number of carbonyl (C=O) groups is 1. The second kappa shape index (κ2) is 6.42. The van der Waals surface area contributed by atoms with Gasteiger partial charge in [0, 0.05) is 24.3 Å². The molecule has 0 radical (unpaired) electrons. The second-order valence-electron chi connectivity index (χ2n) is 5.53. The fourth-order valence-electron chi connectivity index (χ4n) is 2.15. The Bertz CT molecular complexity index is 521. The minimum atomic E-state index is -0.106. The minimum Gasteiger partial charge on any atom is -0.396 e. The Kier molecular flexibility index (Phi) is 4.84. The van der Waals surface area contributed by atoms with E-state index in [1.54, 1.807) is 6.08 Å². The Morgan fingerprint density at radius 1 is 1.50 bits per heavy atom. The summed E-state index contributed by atoms with van der Waals surface area (Å²) >= 11 is 6.04. The predicted octanol–water partition coefficient (Wildman–Crippen LogP) is 2.94. The Balaban J connectivity index is 1.84. The molecule has 1 aromatic rings. The third kappa shape index (κ3) is 4.09. The molecule has 0 bridgehead atoms. The van der Waals surface area contributed by atoms with Crippen LogP contribution in [0.15, 0.2) is 24.3 Å². The second-order valence-corrected chi connectivity index (χ2v) is 5.94. The number of carbonyl (C=O) groups excluding carboxylic acids is 1. The molecule has 0 atom stereocenters. The molecule has 1 amide bonds. The van der Waals surface area contributed by atoms with Crippen molar-refractivity contribution in [1.29, 1.82) is 0 Å². The van der Waals surface area contributed by atoms with Crippen molar-refractivity contribution < 1.29 is 9.90 Å². The van der Waals surface area contributed by atoms with Crippen LogP contribution in [-0.4, -0.2) is 24.2 Å². The average Bonchev–Trinajstić information content (AvgIpc) is 3.18. The van der Waals surface area contributed by atoms with Crippen LogP contribution >= 0.6 is 11.6 Å². The van der Waals surface area contributed by atoms with Gasteiger partial charge in [0.1, 0.15) is 0 Å². The van der Waals surface area contributed by atoms with Crippen LogP contribution in [0.5, 0.6) is 0 Å². The van der Waals surface area contributed by atoms with Crippen molar-refractivity contribution >= 4 is 23.6 Å². The molecular weight excluding hydrogens is 274 g/mol. The molecule has 0 spiro atoms. The van der Waals surface area contributed by atoms with E-state index in [1.807, 2.05) is 25.1 Å². The van der Waals surface area contributed by atoms with Gasteiger partial charge in [-0.15, -0.1) is 0 Å². The Labute approximate surface area is 124 Å². The highest BCUT2D eigenvalue weighted by Crippen LogP contribution is 2.47. The number of hydrogen-bond acceptors (Lipinski definition) is 2. The number of aliphatic hydroxyl groups excluding tert-OH is 1. The number of hydrogen-bond donors (Lipinski definition) is 2. The Morgan fingerprint density at radius 3 is 2.85 bits per heavy atom. The molecule has 0 saturated heterocycles. The summed E-state index contributed by atoms with van der Waals surface area (Å²) in [5.41, 5.74) is 2.07. The smallest absolute Gasteiger partial charge is 0.244 e. The first kappa shape index (κ1) is 15.1. The summed E-state index contributed by atoms with van der Waals surface area (Å²) in [5.74, 6) is -0.106. The summed E-state index contributed by atoms with van der Waals surface area (Å²) in [6.45, 7) is 2.78. The van der Waals surface area contributed by atoms with Gasteiger partial charge >= 0.3 is 0 Å². The van der Waals surface area contributed by atoms with Crippen LogP contribution in [0, 0.1) is 12.3 Å². The van der Waals surface area contributed by atoms with E-state index in [-0.39, 0.29) is 17.9 Å². The van der Waals surface area contributed by atoms with Crippen LogP contribution in [0.4, 0.5) is 0 Å². The lowest BCUT2D eigenvalue weighted by atomic mass is 10.0. The van der Waals surface area contributed by atoms with Gasteiger partial charge in [-0.25, -0.2) is 0 Å². The van der Waals surface area contributed by atoms with Gasteiger partial charge in [-0.1, -0.05) is 23.7 Å². The predicted molar refractivity (Wildman–Crippen MR) is 81.6 cm³/mol. The van der Waals surface area contributed by atoms with Crippen LogP contribution in [0.1, 0.15) is 30.4 Å². The van der Waals surface area contributed by atoms with Crippen LogP contribution in [0.25, 0.3) is 6.08 Å². The van der Waals surface area contributed by atoms with Crippen LogP contribution in [0.3, 0.4) is 0 Å². The fourth-order valence-corrected chi connectivity index (χ4v) is 2.34. The minimum absolute atomic E-state index is 0.106. The Morgan fingerprint density at radius 2 is 2.25 bits per heavy atom. The molecule has 2 rings (SSSR count). The van der Waals surface area contributed by atoms with E-state index >= 15 is 0 Å². The van der Waals surface area contributed by atoms with E-state index in [9.17, 15) is 4.79 Å². The average molecular weight is 294 g/mol. The molecule has 108 valence electrons. The van der Waals surface area contributed by atoms with Gasteiger partial charge in [-0.05, 0) is 54.9 Å². The van der Waals surface area contributed by atoms with Crippen molar-refractivity contribution in [2.45, 2.75) is 26.2 Å². The monoisotopic (exact) mass is 293 g/mol. The van der Waals surface area contributed by atoms with Gasteiger partial charge in [0.15, 0.2) is 0 Å². The summed E-state index contributed by atoms with van der Waals surface area (Å²) in [4.78, 5) is 11.8. The highest BCUT2D eigenvalue weighted by atomic mass is 35.5. The zero-order valence-corrected chi connectivity index (χ0v) is 12.4. The third-order valence-electron chi connectivity index (χ3n) is 3.86. The van der Waals surface area contributed by atoms with Gasteiger partial charge in [-0.2, -0.15) is 0 Å². The lowest BCUT2D eigenvalue weighted by Gasteiger charge is -2.13. The normalized spacial score (nSPS) is 16.4. The van der Waals surface area contributed by atoms with Gasteiger partial charge in [-0.3, -0.25) is 4.79 Å². The first-order valence-electron chi connectivity index (χ1n) is 6.88. The summed E-state index contributed by atoms with van der Waals surface area (Å²) in [7, 11) is 0. The summed E-state index contributed by atoms with van der Waals surface area (Å²) < 4.78 is 0. The molecule has 2 N–H and O–H groups in total. The number of aliphatic hydroxyl groups is 1. The molecule has 0 aromatic heterocycles. The molecule has 1 aliphatic rings. The largest absolute Gasteiger partial charge is 0.396 e. The van der Waals surface area contributed by atoms with Crippen molar-refractivity contribution in [3.8, 4) is 0 Å². The molecule has 0 aliphatic heterocycles. The van der Waals surface area contributed by atoms with Gasteiger partial charge in [0.05, 0.1) is 0 Å². The first-order chi connectivity index (χ1) is 9.54. The highest BCUT2D eigenvalue weighted by Gasteiger charge is 2.41. The SMILES string of the molecule is Cc1ccc(/C=C/C(=O)NCC2(CCO)CC2)cc1Cl. The molecule has 3 nitrogen and oxygen atoms in total. The lowest BCUT2D eigenvalue weighted by molar-refractivity contribution is -0.116. The van der Waals surface area contributed by atoms with Crippen molar-refractivity contribution in [2.24, 2.45) is 5.41 Å². The maximum atomic E-state index is 11.8. The zero-order valence-electron chi connectivity index (χ0n) is 11.7. The van der Waals surface area contributed by atoms with Crippen molar-refractivity contribution in [2.75, 3.05) is 13.2 Å². The lowest BCUT2D eigenvalue weighted by Crippen LogP contribution is -2.29. The number of benzene rings is 1. The van der Waals surface area contributed by atoms with E-state index in [0.717, 1.165) is 30.4 Å². The number of nitrogens with one attached hydrogen (secondary N) is 1. The number of rotatable bonds is 6. The summed E-state index contributed by atoms with van der Waals surface area (Å²) in [6.07, 6.45) is 6.23. The van der Waals surface area contributed by atoms with E-state index in [2.05, 4.69) is 5.32 Å². The molecule has 1 aliphatic carbocycles. The molecule has 1 fully saturated rings. The van der Waals surface area contributed by atoms with Crippen molar-refractivity contribution in [3.05, 3.63) is 40.4 Å². The standard InChI is InChI=1S/C16H20ClNO2/c1-12-2-3-13(10-14(12)17)4-5-15(20)18-11-16(6-7-16)8-9-19/h2-5,10,19H,6-9,11H2,1H3,(H,18,20)/b5-4+. The highest BCUT2D eigenvalue weighted by molar-refractivity contribution is 6.31. The fraction of sp³-hybridized carbons (Fsp3) is 0.438. The van der Waals surface area contributed by atoms with Crippen LogP contribution in [-0.2, 0) is 4.79 Å². The maximum Gasteiger partial charge on any atom is 0.244 e. The molecule has 0 unspecified atom stereocenters. The van der Waals surface area contributed by atoms with Gasteiger partial charge in [0.25, 0.3) is 0 Å². The molecule has 20 heavy (non-hydrogen) atoms. The van der Waals surface area contributed by atoms with E-state index < -0.39 is 0 Å². The first-order valence-corrected chi connectivity index (χ1v) is 7.25. The number of halogens is 1. The van der Waals surface area contributed by atoms with E-state index in [0.29, 0.717) is 11.6 Å². The van der Waals surface area contributed by atoms with Crippen LogP contribution < -0.4 is 5.32 Å². The van der Waals surface area contributed by atoms with Gasteiger partial charge in [0.2, 0.25) is 5.91 Å². The third-order valence-corrected chi connectivity index (χ3v) is 4.27. The van der Waals surface area contributed by atoms with E-state index in [1.165, 1.54) is 6.08 Å². The van der Waals surface area contributed by atoms with E-state index in [4.69, 9.17) is 16.7 Å². The van der Waals surface area contributed by atoms with Crippen molar-refractivity contribution in [1.82, 2.24) is 5.32 Å². The topological polar surface area (TPSA) is 49.3 Å². The quantitative estimate of drug-likeness (QED) is 0.792. The summed E-state index contributed by atoms with van der Waals surface area (Å²) in [6, 6.07) is 5.70. The Hall–Kier alpha value is -1.32. The molecular formula is C16H20ClNO2. The molecule has 1 aromatic carbocycles.